The van der Waals surface area contributed by atoms with Gasteiger partial charge in [-0.25, -0.2) is 13.1 Å². The summed E-state index contributed by atoms with van der Waals surface area (Å²) in [7, 11) is -3.57. The third-order valence-corrected chi connectivity index (χ3v) is 7.26. The van der Waals surface area contributed by atoms with Crippen LogP contribution in [0.2, 0.25) is 0 Å². The molecule has 2 rings (SSSR count). The van der Waals surface area contributed by atoms with Crippen LogP contribution >= 0.6 is 27.3 Å². The molecular formula is C12H18BrNO4S2. The third kappa shape index (κ3) is 3.80. The molecule has 0 aromatic carbocycles. The van der Waals surface area contributed by atoms with Gasteiger partial charge in [0.2, 0.25) is 10.0 Å². The van der Waals surface area contributed by atoms with Crippen LogP contribution in [0, 0.1) is 5.92 Å². The third-order valence-electron chi connectivity index (χ3n) is 3.47. The van der Waals surface area contributed by atoms with Gasteiger partial charge < -0.3 is 9.84 Å². The second-order valence-corrected chi connectivity index (χ2v) is 9.01. The molecule has 1 aromatic rings. The summed E-state index contributed by atoms with van der Waals surface area (Å²) in [5.41, 5.74) is 0. The minimum Gasteiger partial charge on any atom is -0.391 e. The second kappa shape index (κ2) is 6.85. The zero-order valence-electron chi connectivity index (χ0n) is 11.1. The van der Waals surface area contributed by atoms with Crippen LogP contribution in [0.25, 0.3) is 0 Å². The summed E-state index contributed by atoms with van der Waals surface area (Å²) >= 11 is 4.48. The number of hydrogen-bond acceptors (Lipinski definition) is 5. The Bertz CT molecular complexity index is 552. The average Bonchev–Trinajstić information content (AvgIpc) is 2.81. The molecule has 0 spiro atoms. The van der Waals surface area contributed by atoms with Crippen LogP contribution in [0.5, 0.6) is 0 Å². The number of hydrogen-bond donors (Lipinski definition) is 2. The summed E-state index contributed by atoms with van der Waals surface area (Å²) in [6.07, 6.45) is 1.74. The van der Waals surface area contributed by atoms with Gasteiger partial charge in [0.25, 0.3) is 0 Å². The first-order valence-electron chi connectivity index (χ1n) is 6.43. The van der Waals surface area contributed by atoms with Crippen molar-refractivity contribution in [1.82, 2.24) is 4.72 Å². The topological polar surface area (TPSA) is 75.6 Å². The number of sulfonamides is 1. The van der Waals surface area contributed by atoms with Crippen molar-refractivity contribution in [2.24, 2.45) is 5.92 Å². The Labute approximate surface area is 131 Å². The standard InChI is InChI=1S/C12H18BrNO4S2/c1-8(9-2-4-18-5-3-9)14-20(16,17)11-6-10(7-15)19-12(11)13/h6,8-9,14-15H,2-5,7H2,1H3. The van der Waals surface area contributed by atoms with Crippen molar-refractivity contribution in [1.29, 1.82) is 0 Å². The van der Waals surface area contributed by atoms with E-state index < -0.39 is 10.0 Å². The Balaban J connectivity index is 2.11. The number of nitrogens with one attached hydrogen (secondary N) is 1. The first kappa shape index (κ1) is 16.4. The minimum atomic E-state index is -3.57. The van der Waals surface area contributed by atoms with Crippen molar-refractivity contribution in [3.05, 3.63) is 14.7 Å². The average molecular weight is 384 g/mol. The molecule has 20 heavy (non-hydrogen) atoms. The molecule has 2 N–H and O–H groups in total. The van der Waals surface area contributed by atoms with E-state index in [4.69, 9.17) is 9.84 Å². The number of thiophene rings is 1. The lowest BCUT2D eigenvalue weighted by Crippen LogP contribution is -2.40. The summed E-state index contributed by atoms with van der Waals surface area (Å²) < 4.78 is 33.3. The lowest BCUT2D eigenvalue weighted by Gasteiger charge is -2.28. The van der Waals surface area contributed by atoms with Crippen LogP contribution < -0.4 is 4.72 Å². The van der Waals surface area contributed by atoms with Crippen LogP contribution in [0.3, 0.4) is 0 Å². The predicted octanol–water partition coefficient (Wildman–Crippen LogP) is 2.10. The summed E-state index contributed by atoms with van der Waals surface area (Å²) in [6.45, 7) is 3.11. The molecular weight excluding hydrogens is 366 g/mol. The number of aliphatic hydroxyl groups is 1. The van der Waals surface area contributed by atoms with Gasteiger partial charge in [0.05, 0.1) is 10.4 Å². The number of halogens is 1. The lowest BCUT2D eigenvalue weighted by atomic mass is 9.94. The molecule has 1 atom stereocenters. The smallest absolute Gasteiger partial charge is 0.242 e. The molecule has 1 aromatic heterocycles. The van der Waals surface area contributed by atoms with Crippen molar-refractivity contribution in [3.8, 4) is 0 Å². The zero-order valence-corrected chi connectivity index (χ0v) is 14.4. The molecule has 1 fully saturated rings. The maximum atomic E-state index is 12.4. The highest BCUT2D eigenvalue weighted by molar-refractivity contribution is 9.11. The Morgan fingerprint density at radius 1 is 1.55 bits per heavy atom. The van der Waals surface area contributed by atoms with E-state index in [1.807, 2.05) is 6.92 Å². The molecule has 0 amide bonds. The van der Waals surface area contributed by atoms with E-state index in [0.29, 0.717) is 27.8 Å². The van der Waals surface area contributed by atoms with E-state index in [0.717, 1.165) is 12.8 Å². The van der Waals surface area contributed by atoms with Crippen molar-refractivity contribution in [3.63, 3.8) is 0 Å². The van der Waals surface area contributed by atoms with E-state index in [1.54, 1.807) is 0 Å². The van der Waals surface area contributed by atoms with Gasteiger partial charge in [-0.15, -0.1) is 11.3 Å². The summed E-state index contributed by atoms with van der Waals surface area (Å²) in [5, 5.41) is 9.09. The SMILES string of the molecule is CC(NS(=O)(=O)c1cc(CO)sc1Br)C1CCOCC1. The van der Waals surface area contributed by atoms with Gasteiger partial charge in [-0.3, -0.25) is 0 Å². The van der Waals surface area contributed by atoms with Gasteiger partial charge >= 0.3 is 0 Å². The van der Waals surface area contributed by atoms with E-state index in [-0.39, 0.29) is 17.5 Å². The van der Waals surface area contributed by atoms with Crippen LogP contribution in [-0.4, -0.2) is 32.8 Å². The normalized spacial score (nSPS) is 19.1. The monoisotopic (exact) mass is 383 g/mol. The molecule has 1 aliphatic rings. The van der Waals surface area contributed by atoms with E-state index in [2.05, 4.69) is 20.7 Å². The fourth-order valence-electron chi connectivity index (χ4n) is 2.28. The Morgan fingerprint density at radius 3 is 2.75 bits per heavy atom. The van der Waals surface area contributed by atoms with Gasteiger partial charge in [0.15, 0.2) is 0 Å². The molecule has 5 nitrogen and oxygen atoms in total. The van der Waals surface area contributed by atoms with Crippen molar-refractivity contribution < 1.29 is 18.3 Å². The highest BCUT2D eigenvalue weighted by Crippen LogP contribution is 2.32. The molecule has 1 saturated heterocycles. The van der Waals surface area contributed by atoms with Crippen LogP contribution in [0.15, 0.2) is 14.7 Å². The number of rotatable bonds is 5. The Morgan fingerprint density at radius 2 is 2.20 bits per heavy atom. The predicted molar refractivity (Wildman–Crippen MR) is 81.3 cm³/mol. The quantitative estimate of drug-likeness (QED) is 0.815. The van der Waals surface area contributed by atoms with Crippen molar-refractivity contribution in [2.45, 2.75) is 37.3 Å². The number of aliphatic hydroxyl groups excluding tert-OH is 1. The lowest BCUT2D eigenvalue weighted by molar-refractivity contribution is 0.0585. The molecule has 0 radical (unpaired) electrons. The van der Waals surface area contributed by atoms with Gasteiger partial charge in [-0.2, -0.15) is 0 Å². The highest BCUT2D eigenvalue weighted by atomic mass is 79.9. The molecule has 0 bridgehead atoms. The van der Waals surface area contributed by atoms with Crippen LogP contribution in [-0.2, 0) is 21.4 Å². The van der Waals surface area contributed by atoms with Gasteiger partial charge in [-0.05, 0) is 47.7 Å². The van der Waals surface area contributed by atoms with Crippen molar-refractivity contribution in [2.75, 3.05) is 13.2 Å². The first-order chi connectivity index (χ1) is 9.44. The van der Waals surface area contributed by atoms with Gasteiger partial charge in [-0.1, -0.05) is 0 Å². The minimum absolute atomic E-state index is 0.131. The second-order valence-electron chi connectivity index (χ2n) is 4.87. The molecule has 0 saturated carbocycles. The molecule has 2 heterocycles. The summed E-state index contributed by atoms with van der Waals surface area (Å²) in [6, 6.07) is 1.38. The maximum Gasteiger partial charge on any atom is 0.242 e. The first-order valence-corrected chi connectivity index (χ1v) is 9.52. The Kier molecular flexibility index (Phi) is 5.61. The largest absolute Gasteiger partial charge is 0.391 e. The zero-order chi connectivity index (χ0) is 14.8. The van der Waals surface area contributed by atoms with Crippen LogP contribution in [0.4, 0.5) is 0 Å². The van der Waals surface area contributed by atoms with E-state index in [9.17, 15) is 8.42 Å². The fraction of sp³-hybridized carbons (Fsp3) is 0.667. The molecule has 114 valence electrons. The number of ether oxygens (including phenoxy) is 1. The van der Waals surface area contributed by atoms with E-state index >= 15 is 0 Å². The molecule has 1 aliphatic heterocycles. The highest BCUT2D eigenvalue weighted by Gasteiger charge is 2.27. The molecule has 0 aliphatic carbocycles. The van der Waals surface area contributed by atoms with Gasteiger partial charge in [0, 0.05) is 24.1 Å². The van der Waals surface area contributed by atoms with Crippen molar-refractivity contribution >= 4 is 37.3 Å². The summed E-state index contributed by atoms with van der Waals surface area (Å²) in [5.74, 6) is 0.299. The molecule has 8 heteroatoms. The van der Waals surface area contributed by atoms with Crippen LogP contribution in [0.1, 0.15) is 24.6 Å². The Hall–Kier alpha value is 0.01000. The van der Waals surface area contributed by atoms with E-state index in [1.165, 1.54) is 17.4 Å². The fourth-order valence-corrected chi connectivity index (χ4v) is 6.13. The van der Waals surface area contributed by atoms with Gasteiger partial charge in [0.1, 0.15) is 4.90 Å². The maximum absolute atomic E-state index is 12.4. The molecule has 1 unspecified atom stereocenters. The summed E-state index contributed by atoms with van der Waals surface area (Å²) in [4.78, 5) is 0.821.